The first-order valence-corrected chi connectivity index (χ1v) is 7.38. The smallest absolute Gasteiger partial charge is 0.233 e. The van der Waals surface area contributed by atoms with Crippen molar-refractivity contribution in [3.05, 3.63) is 46.3 Å². The van der Waals surface area contributed by atoms with Crippen LogP contribution >= 0.6 is 15.9 Å². The zero-order valence-corrected chi connectivity index (χ0v) is 12.2. The van der Waals surface area contributed by atoms with Gasteiger partial charge in [-0.1, -0.05) is 6.42 Å². The highest BCUT2D eigenvalue weighted by molar-refractivity contribution is 9.10. The lowest BCUT2D eigenvalue weighted by molar-refractivity contribution is 0.456. The van der Waals surface area contributed by atoms with Crippen molar-refractivity contribution in [1.82, 2.24) is 9.97 Å². The molecule has 0 N–H and O–H groups in total. The van der Waals surface area contributed by atoms with Crippen molar-refractivity contribution in [3.8, 4) is 11.6 Å². The summed E-state index contributed by atoms with van der Waals surface area (Å²) in [5.74, 6) is 1.35. The van der Waals surface area contributed by atoms with Crippen molar-refractivity contribution >= 4 is 15.9 Å². The third-order valence-corrected chi connectivity index (χ3v) is 3.94. The predicted molar refractivity (Wildman–Crippen MR) is 77.5 cm³/mol. The molecule has 98 valence electrons. The Morgan fingerprint density at radius 1 is 1.11 bits per heavy atom. The Labute approximate surface area is 121 Å². The summed E-state index contributed by atoms with van der Waals surface area (Å²) < 4.78 is 6.65. The minimum atomic E-state index is 0.581. The van der Waals surface area contributed by atoms with Gasteiger partial charge in [0.15, 0.2) is 0 Å². The van der Waals surface area contributed by atoms with E-state index in [9.17, 15) is 0 Å². The number of fused-ring (bicyclic) bond motifs is 1. The minimum Gasteiger partial charge on any atom is -0.436 e. The summed E-state index contributed by atoms with van der Waals surface area (Å²) >= 11 is 3.43. The van der Waals surface area contributed by atoms with Gasteiger partial charge in [0.25, 0.3) is 0 Å². The molecule has 2 heterocycles. The quantitative estimate of drug-likeness (QED) is 0.774. The zero-order valence-electron chi connectivity index (χ0n) is 10.6. The summed E-state index contributed by atoms with van der Waals surface area (Å²) in [5, 5.41) is 0. The fraction of sp³-hybridized carbons (Fsp3) is 0.333. The van der Waals surface area contributed by atoms with Crippen molar-refractivity contribution in [3.63, 3.8) is 0 Å². The molecule has 4 heteroatoms. The number of pyridine rings is 2. The standard InChI is InChI=1S/C15H15BrN2O/c16-13-6-4-8-17-15(13)19-12-9-11-5-2-1-3-7-14(11)18-10-12/h4,6,8-10H,1-3,5,7H2. The molecule has 2 aromatic rings. The van der Waals surface area contributed by atoms with Gasteiger partial charge in [0.05, 0.1) is 10.7 Å². The molecule has 0 atom stereocenters. The highest BCUT2D eigenvalue weighted by atomic mass is 79.9. The fourth-order valence-corrected chi connectivity index (χ4v) is 2.69. The van der Waals surface area contributed by atoms with E-state index in [1.54, 1.807) is 12.4 Å². The molecule has 0 fully saturated rings. The lowest BCUT2D eigenvalue weighted by Gasteiger charge is -2.09. The average molecular weight is 319 g/mol. The van der Waals surface area contributed by atoms with Gasteiger partial charge in [0.1, 0.15) is 5.75 Å². The van der Waals surface area contributed by atoms with E-state index in [0.29, 0.717) is 5.88 Å². The van der Waals surface area contributed by atoms with Crippen LogP contribution in [0, 0.1) is 0 Å². The molecule has 0 unspecified atom stereocenters. The highest BCUT2D eigenvalue weighted by Gasteiger charge is 2.11. The molecule has 19 heavy (non-hydrogen) atoms. The summed E-state index contributed by atoms with van der Waals surface area (Å²) in [6.45, 7) is 0. The van der Waals surface area contributed by atoms with Gasteiger partial charge < -0.3 is 4.74 Å². The van der Waals surface area contributed by atoms with Gasteiger partial charge in [-0.05, 0) is 65.4 Å². The molecule has 0 bridgehead atoms. The summed E-state index contributed by atoms with van der Waals surface area (Å²) in [6, 6.07) is 5.89. The number of ether oxygens (including phenoxy) is 1. The summed E-state index contributed by atoms with van der Waals surface area (Å²) in [4.78, 5) is 8.74. The molecule has 2 aromatic heterocycles. The number of hydrogen-bond donors (Lipinski definition) is 0. The van der Waals surface area contributed by atoms with Crippen LogP contribution in [0.1, 0.15) is 30.5 Å². The average Bonchev–Trinajstić information content (AvgIpc) is 2.66. The van der Waals surface area contributed by atoms with Crippen LogP contribution < -0.4 is 4.74 Å². The molecule has 1 aliphatic carbocycles. The van der Waals surface area contributed by atoms with Crippen molar-refractivity contribution in [1.29, 1.82) is 0 Å². The third-order valence-electron chi connectivity index (χ3n) is 3.33. The van der Waals surface area contributed by atoms with Crippen molar-refractivity contribution in [2.24, 2.45) is 0 Å². The molecule has 0 spiro atoms. The number of hydrogen-bond acceptors (Lipinski definition) is 3. The molecule has 3 nitrogen and oxygen atoms in total. The molecule has 0 amide bonds. The minimum absolute atomic E-state index is 0.581. The van der Waals surface area contributed by atoms with Crippen LogP contribution in [0.3, 0.4) is 0 Å². The Hall–Kier alpha value is -1.42. The highest BCUT2D eigenvalue weighted by Crippen LogP contribution is 2.29. The number of rotatable bonds is 2. The van der Waals surface area contributed by atoms with E-state index in [2.05, 4.69) is 32.0 Å². The Balaban J connectivity index is 1.86. The maximum absolute atomic E-state index is 5.80. The monoisotopic (exact) mass is 318 g/mol. The normalized spacial score (nSPS) is 14.6. The van der Waals surface area contributed by atoms with Crippen molar-refractivity contribution < 1.29 is 4.74 Å². The van der Waals surface area contributed by atoms with Crippen LogP contribution in [0.15, 0.2) is 35.1 Å². The molecular formula is C15H15BrN2O. The van der Waals surface area contributed by atoms with E-state index >= 15 is 0 Å². The van der Waals surface area contributed by atoms with Crippen LogP contribution in [-0.2, 0) is 12.8 Å². The van der Waals surface area contributed by atoms with Crippen LogP contribution in [-0.4, -0.2) is 9.97 Å². The predicted octanol–water partition coefficient (Wildman–Crippen LogP) is 4.30. The molecule has 0 saturated carbocycles. The second kappa shape index (κ2) is 5.70. The van der Waals surface area contributed by atoms with E-state index in [1.807, 2.05) is 12.1 Å². The summed E-state index contributed by atoms with van der Waals surface area (Å²) in [7, 11) is 0. The maximum Gasteiger partial charge on any atom is 0.233 e. The molecule has 0 saturated heterocycles. The number of aromatic nitrogens is 2. The Kier molecular flexibility index (Phi) is 3.78. The zero-order chi connectivity index (χ0) is 13.1. The van der Waals surface area contributed by atoms with Crippen LogP contribution in [0.2, 0.25) is 0 Å². The van der Waals surface area contributed by atoms with E-state index in [0.717, 1.165) is 23.1 Å². The van der Waals surface area contributed by atoms with Gasteiger partial charge in [0, 0.05) is 11.9 Å². The van der Waals surface area contributed by atoms with E-state index in [4.69, 9.17) is 4.74 Å². The Morgan fingerprint density at radius 2 is 2.00 bits per heavy atom. The summed E-state index contributed by atoms with van der Waals surface area (Å²) in [6.07, 6.45) is 9.48. The second-order valence-electron chi connectivity index (χ2n) is 4.73. The van der Waals surface area contributed by atoms with Gasteiger partial charge in [-0.2, -0.15) is 0 Å². The van der Waals surface area contributed by atoms with Crippen LogP contribution in [0.25, 0.3) is 0 Å². The topological polar surface area (TPSA) is 35.0 Å². The number of halogens is 1. The van der Waals surface area contributed by atoms with Gasteiger partial charge in [0.2, 0.25) is 5.88 Å². The lowest BCUT2D eigenvalue weighted by atomic mass is 10.1. The number of nitrogens with zero attached hydrogens (tertiary/aromatic N) is 2. The van der Waals surface area contributed by atoms with Crippen LogP contribution in [0.4, 0.5) is 0 Å². The lowest BCUT2D eigenvalue weighted by Crippen LogP contribution is -1.97. The first-order valence-electron chi connectivity index (χ1n) is 6.59. The Bertz CT molecular complexity index is 586. The van der Waals surface area contributed by atoms with Crippen LogP contribution in [0.5, 0.6) is 11.6 Å². The Morgan fingerprint density at radius 3 is 2.89 bits per heavy atom. The molecule has 0 aliphatic heterocycles. The molecule has 3 rings (SSSR count). The largest absolute Gasteiger partial charge is 0.436 e. The second-order valence-corrected chi connectivity index (χ2v) is 5.58. The van der Waals surface area contributed by atoms with E-state index in [-0.39, 0.29) is 0 Å². The third kappa shape index (κ3) is 2.95. The summed E-state index contributed by atoms with van der Waals surface area (Å²) in [5.41, 5.74) is 2.55. The first-order chi connectivity index (χ1) is 9.33. The first kappa shape index (κ1) is 12.6. The van der Waals surface area contributed by atoms with Gasteiger partial charge in [-0.3, -0.25) is 4.98 Å². The molecule has 0 aromatic carbocycles. The van der Waals surface area contributed by atoms with Gasteiger partial charge in [-0.15, -0.1) is 0 Å². The van der Waals surface area contributed by atoms with Gasteiger partial charge >= 0.3 is 0 Å². The van der Waals surface area contributed by atoms with Crippen molar-refractivity contribution in [2.75, 3.05) is 0 Å². The molecule has 0 radical (unpaired) electrons. The SMILES string of the molecule is Brc1cccnc1Oc1cnc2c(c1)CCCCC2. The maximum atomic E-state index is 5.80. The fourth-order valence-electron chi connectivity index (χ4n) is 2.36. The van der Waals surface area contributed by atoms with Gasteiger partial charge in [-0.25, -0.2) is 4.98 Å². The number of aryl methyl sites for hydroxylation is 2. The van der Waals surface area contributed by atoms with E-state index < -0.39 is 0 Å². The molecule has 1 aliphatic rings. The van der Waals surface area contributed by atoms with E-state index in [1.165, 1.54) is 30.5 Å². The molecular weight excluding hydrogens is 304 g/mol. The van der Waals surface area contributed by atoms with Crippen molar-refractivity contribution in [2.45, 2.75) is 32.1 Å².